The molecule has 1 atom stereocenters. The van der Waals surface area contributed by atoms with Crippen molar-refractivity contribution in [3.8, 4) is 0 Å². The Kier molecular flexibility index (Phi) is 4.87. The van der Waals surface area contributed by atoms with Crippen molar-refractivity contribution in [3.63, 3.8) is 0 Å². The van der Waals surface area contributed by atoms with Crippen molar-refractivity contribution in [1.29, 1.82) is 0 Å². The highest BCUT2D eigenvalue weighted by atomic mass is 31.1. The van der Waals surface area contributed by atoms with Crippen LogP contribution in [0.25, 0.3) is 0 Å². The summed E-state index contributed by atoms with van der Waals surface area (Å²) in [6, 6.07) is 0. The summed E-state index contributed by atoms with van der Waals surface area (Å²) in [5.74, 6) is 0.402. The van der Waals surface area contributed by atoms with Crippen molar-refractivity contribution in [1.82, 2.24) is 0 Å². The lowest BCUT2D eigenvalue weighted by atomic mass is 10.2. The van der Waals surface area contributed by atoms with Gasteiger partial charge in [0, 0.05) is 4.57 Å². The van der Waals surface area contributed by atoms with Crippen molar-refractivity contribution in [2.45, 2.75) is 13.8 Å². The van der Waals surface area contributed by atoms with E-state index >= 15 is 0 Å². The van der Waals surface area contributed by atoms with Crippen molar-refractivity contribution >= 4 is 8.25 Å². The molecular weight excluding hydrogens is 139 g/mol. The fraction of sp³-hybridized carbons (Fsp3) is 1.00. The Morgan fingerprint density at radius 3 is 2.44 bits per heavy atom. The van der Waals surface area contributed by atoms with Gasteiger partial charge in [0.1, 0.15) is 6.61 Å². The summed E-state index contributed by atoms with van der Waals surface area (Å²) in [4.78, 5) is 0. The number of rotatable bonds is 4. The van der Waals surface area contributed by atoms with Crippen molar-refractivity contribution in [2.24, 2.45) is 5.92 Å². The van der Waals surface area contributed by atoms with Gasteiger partial charge in [-0.25, -0.2) is 0 Å². The summed E-state index contributed by atoms with van der Waals surface area (Å²) >= 11 is 0. The van der Waals surface area contributed by atoms with Gasteiger partial charge in [0.25, 0.3) is 0 Å². The average Bonchev–Trinajstić information content (AvgIpc) is 1.83. The van der Waals surface area contributed by atoms with Crippen molar-refractivity contribution < 1.29 is 13.6 Å². The molecule has 0 saturated carbocycles. The molecule has 0 N–H and O–H groups in total. The van der Waals surface area contributed by atoms with Gasteiger partial charge in [0.2, 0.25) is 0 Å². The maximum absolute atomic E-state index is 10.4. The highest BCUT2D eigenvalue weighted by Gasteiger charge is 2.16. The Morgan fingerprint density at radius 1 is 1.56 bits per heavy atom. The highest BCUT2D eigenvalue weighted by molar-refractivity contribution is 7.33. The molecule has 0 fully saturated rings. The van der Waals surface area contributed by atoms with Gasteiger partial charge in [-0.05, 0) is 5.92 Å². The molecule has 0 rings (SSSR count). The van der Waals surface area contributed by atoms with E-state index < -0.39 is 8.25 Å². The summed E-state index contributed by atoms with van der Waals surface area (Å²) in [7, 11) is -0.501. The number of hydrogen-bond donors (Lipinski definition) is 0. The zero-order chi connectivity index (χ0) is 7.28. The van der Waals surface area contributed by atoms with Gasteiger partial charge in [-0.3, -0.25) is 0 Å². The van der Waals surface area contributed by atoms with Crippen molar-refractivity contribution in [3.05, 3.63) is 0 Å². The van der Waals surface area contributed by atoms with E-state index in [2.05, 4.69) is 4.52 Å². The van der Waals surface area contributed by atoms with Gasteiger partial charge < -0.3 is 0 Å². The van der Waals surface area contributed by atoms with Gasteiger partial charge in [0.15, 0.2) is 0 Å². The molecule has 0 amide bonds. The second-order valence-corrected chi connectivity index (χ2v) is 3.17. The Morgan fingerprint density at radius 2 is 2.11 bits per heavy atom. The summed E-state index contributed by atoms with van der Waals surface area (Å²) in [5.41, 5.74) is 0. The first-order valence-corrected chi connectivity index (χ1v) is 3.90. The van der Waals surface area contributed by atoms with Crippen LogP contribution >= 0.6 is 8.25 Å². The first-order chi connectivity index (χ1) is 4.16. The van der Waals surface area contributed by atoms with Crippen molar-refractivity contribution in [2.75, 3.05) is 13.7 Å². The van der Waals surface area contributed by atoms with Crippen LogP contribution in [0.5, 0.6) is 0 Å². The van der Waals surface area contributed by atoms with Gasteiger partial charge in [-0.15, -0.1) is 9.05 Å². The maximum Gasteiger partial charge on any atom is 0.697 e. The standard InChI is InChI=1S/C5H12O3P/c1-5(2)4-8-9(6)7-3/h5H,4H2,1-3H3/q+1. The predicted molar refractivity (Wildman–Crippen MR) is 35.4 cm³/mol. The SMILES string of the molecule is CO[P+](=O)OCC(C)C. The highest BCUT2D eigenvalue weighted by Crippen LogP contribution is 2.22. The molecular formula is C5H12O3P+. The maximum atomic E-state index is 10.4. The van der Waals surface area contributed by atoms with Crippen LogP contribution in [0.2, 0.25) is 0 Å². The zero-order valence-electron chi connectivity index (χ0n) is 5.96. The minimum atomic E-state index is -1.86. The fourth-order valence-corrected chi connectivity index (χ4v) is 0.788. The normalized spacial score (nSPS) is 12.2. The smallest absolute Gasteiger partial charge is 0.122 e. The molecule has 0 spiro atoms. The fourth-order valence-electron chi connectivity index (χ4n) is 0.263. The molecule has 1 unspecified atom stereocenters. The molecule has 0 heterocycles. The van der Waals surface area contributed by atoms with Crippen LogP contribution in [0.15, 0.2) is 0 Å². The van der Waals surface area contributed by atoms with Crippen LogP contribution in [-0.4, -0.2) is 13.7 Å². The molecule has 3 nitrogen and oxygen atoms in total. The lowest BCUT2D eigenvalue weighted by Gasteiger charge is -1.93. The Balaban J connectivity index is 3.17. The quantitative estimate of drug-likeness (QED) is 0.576. The predicted octanol–water partition coefficient (Wildman–Crippen LogP) is 1.96. The molecule has 0 aromatic rings. The van der Waals surface area contributed by atoms with Gasteiger partial charge in [0.05, 0.1) is 7.11 Å². The molecule has 0 aliphatic carbocycles. The van der Waals surface area contributed by atoms with Gasteiger partial charge in [-0.1, -0.05) is 13.8 Å². The molecule has 4 heteroatoms. The molecule has 0 bridgehead atoms. The molecule has 0 aromatic carbocycles. The summed E-state index contributed by atoms with van der Waals surface area (Å²) < 4.78 is 19.5. The molecule has 0 radical (unpaired) electrons. The molecule has 0 saturated heterocycles. The summed E-state index contributed by atoms with van der Waals surface area (Å²) in [6.45, 7) is 4.46. The molecule has 54 valence electrons. The van der Waals surface area contributed by atoms with Crippen LogP contribution in [0.4, 0.5) is 0 Å². The van der Waals surface area contributed by atoms with E-state index in [9.17, 15) is 4.57 Å². The van der Waals surface area contributed by atoms with E-state index in [-0.39, 0.29) is 0 Å². The Hall–Kier alpha value is 0.0200. The third-order valence-corrected chi connectivity index (χ3v) is 1.32. The van der Waals surface area contributed by atoms with E-state index in [1.54, 1.807) is 0 Å². The molecule has 0 aliphatic rings. The van der Waals surface area contributed by atoms with E-state index in [1.807, 2.05) is 13.8 Å². The Labute approximate surface area is 56.3 Å². The third kappa shape index (κ3) is 5.90. The van der Waals surface area contributed by atoms with Gasteiger partial charge >= 0.3 is 8.25 Å². The molecule has 0 aromatic heterocycles. The minimum Gasteiger partial charge on any atom is -0.122 e. The third-order valence-electron chi connectivity index (χ3n) is 0.662. The van der Waals surface area contributed by atoms with Crippen LogP contribution in [-0.2, 0) is 13.6 Å². The summed E-state index contributed by atoms with van der Waals surface area (Å²) in [6.07, 6.45) is 0. The van der Waals surface area contributed by atoms with E-state index in [4.69, 9.17) is 4.52 Å². The topological polar surface area (TPSA) is 35.5 Å². The minimum absolute atomic E-state index is 0.402. The summed E-state index contributed by atoms with van der Waals surface area (Å²) in [5, 5.41) is 0. The average molecular weight is 151 g/mol. The largest absolute Gasteiger partial charge is 0.697 e. The first-order valence-electron chi connectivity index (χ1n) is 2.81. The van der Waals surface area contributed by atoms with Crippen LogP contribution in [0, 0.1) is 5.92 Å². The van der Waals surface area contributed by atoms with Gasteiger partial charge in [-0.2, -0.15) is 0 Å². The lowest BCUT2D eigenvalue weighted by molar-refractivity contribution is 0.229. The van der Waals surface area contributed by atoms with Crippen LogP contribution in [0.3, 0.4) is 0 Å². The molecule has 9 heavy (non-hydrogen) atoms. The van der Waals surface area contributed by atoms with Crippen LogP contribution < -0.4 is 0 Å². The van der Waals surface area contributed by atoms with E-state index in [0.29, 0.717) is 12.5 Å². The second kappa shape index (κ2) is 4.86. The van der Waals surface area contributed by atoms with E-state index in [1.165, 1.54) is 7.11 Å². The second-order valence-electron chi connectivity index (χ2n) is 2.10. The zero-order valence-corrected chi connectivity index (χ0v) is 6.85. The van der Waals surface area contributed by atoms with E-state index in [0.717, 1.165) is 0 Å². The monoisotopic (exact) mass is 151 g/mol. The number of hydrogen-bond acceptors (Lipinski definition) is 3. The first kappa shape index (κ1) is 9.02. The van der Waals surface area contributed by atoms with Crippen LogP contribution in [0.1, 0.15) is 13.8 Å². The Bertz CT molecular complexity index is 92.2. The lowest BCUT2D eigenvalue weighted by Crippen LogP contribution is -1.95. The molecule has 0 aliphatic heterocycles.